The van der Waals surface area contributed by atoms with Crippen LogP contribution in [0.25, 0.3) is 6.08 Å². The zero-order valence-corrected chi connectivity index (χ0v) is 21.6. The second-order valence-corrected chi connectivity index (χ2v) is 8.18. The fourth-order valence-corrected chi connectivity index (χ4v) is 3.89. The lowest BCUT2D eigenvalue weighted by Crippen LogP contribution is -2.53. The predicted octanol–water partition coefficient (Wildman–Crippen LogP) is 4.28. The summed E-state index contributed by atoms with van der Waals surface area (Å²) < 4.78 is 22.3. The molecule has 1 N–H and O–H groups in total. The van der Waals surface area contributed by atoms with E-state index in [9.17, 15) is 14.4 Å². The molecule has 9 heteroatoms. The van der Waals surface area contributed by atoms with Gasteiger partial charge in [-0.05, 0) is 61.2 Å². The molecule has 2 aromatic rings. The van der Waals surface area contributed by atoms with Gasteiger partial charge in [0, 0.05) is 5.56 Å². The molecule has 9 nitrogen and oxygen atoms in total. The Hall–Kier alpha value is -4.27. The summed E-state index contributed by atoms with van der Waals surface area (Å²) in [7, 11) is 3.03. The van der Waals surface area contributed by atoms with E-state index in [4.69, 9.17) is 18.9 Å². The summed E-state index contributed by atoms with van der Waals surface area (Å²) in [6.45, 7) is 8.52. The van der Waals surface area contributed by atoms with Crippen LogP contribution in [-0.4, -0.2) is 50.2 Å². The number of carbonyl (C=O) groups excluding carboxylic acids is 3. The van der Waals surface area contributed by atoms with Crippen LogP contribution < -0.4 is 24.3 Å². The molecule has 3 rings (SSSR count). The Morgan fingerprint density at radius 2 is 1.76 bits per heavy atom. The van der Waals surface area contributed by atoms with Gasteiger partial charge in [0.25, 0.3) is 11.8 Å². The number of nitrogens with one attached hydrogen (secondary N) is 1. The molecule has 2 aromatic carbocycles. The summed E-state index contributed by atoms with van der Waals surface area (Å²) >= 11 is 0. The lowest BCUT2D eigenvalue weighted by molar-refractivity contribution is -0.130. The smallest absolute Gasteiger partial charge is 0.331 e. The van der Waals surface area contributed by atoms with E-state index in [2.05, 4.69) is 11.9 Å². The van der Waals surface area contributed by atoms with Crippen LogP contribution in [0, 0.1) is 0 Å². The number of allylic oxidation sites excluding steroid dienone is 1. The van der Waals surface area contributed by atoms with E-state index in [-0.39, 0.29) is 12.1 Å². The number of ether oxygens (including phenoxy) is 4. The SMILES string of the molecule is C=CCc1cc(/C=C2\C(=O)NC(=O)N(Cc3ccc(OCCC)c(OCC)c3)C2=O)cc(OC)c1OC. The highest BCUT2D eigenvalue weighted by Gasteiger charge is 2.36. The van der Waals surface area contributed by atoms with Gasteiger partial charge in [0.05, 0.1) is 34.0 Å². The van der Waals surface area contributed by atoms with E-state index in [0.717, 1.165) is 16.9 Å². The molecule has 0 bridgehead atoms. The van der Waals surface area contributed by atoms with E-state index in [1.54, 1.807) is 36.4 Å². The fraction of sp³-hybridized carbons (Fsp3) is 0.321. The van der Waals surface area contributed by atoms with Crippen molar-refractivity contribution in [2.45, 2.75) is 33.2 Å². The van der Waals surface area contributed by atoms with Gasteiger partial charge in [-0.15, -0.1) is 6.58 Å². The number of urea groups is 1. The molecule has 1 fully saturated rings. The van der Waals surface area contributed by atoms with E-state index >= 15 is 0 Å². The maximum Gasteiger partial charge on any atom is 0.331 e. The topological polar surface area (TPSA) is 103 Å². The molecule has 1 aliphatic rings. The summed E-state index contributed by atoms with van der Waals surface area (Å²) in [6.07, 6.45) is 4.47. The molecule has 0 aliphatic carbocycles. The maximum absolute atomic E-state index is 13.3. The highest BCUT2D eigenvalue weighted by molar-refractivity contribution is 6.31. The number of carbonyl (C=O) groups is 3. The van der Waals surface area contributed by atoms with Crippen molar-refractivity contribution >= 4 is 23.9 Å². The van der Waals surface area contributed by atoms with Crippen molar-refractivity contribution in [3.05, 3.63) is 65.3 Å². The van der Waals surface area contributed by atoms with Crippen molar-refractivity contribution in [3.8, 4) is 23.0 Å². The molecule has 0 atom stereocenters. The van der Waals surface area contributed by atoms with Crippen molar-refractivity contribution < 1.29 is 33.3 Å². The van der Waals surface area contributed by atoms with Crippen LogP contribution in [0.4, 0.5) is 4.79 Å². The molecule has 0 unspecified atom stereocenters. The number of imide groups is 2. The first-order chi connectivity index (χ1) is 17.9. The number of hydrogen-bond donors (Lipinski definition) is 1. The Balaban J connectivity index is 1.94. The summed E-state index contributed by atoms with van der Waals surface area (Å²) in [4.78, 5) is 39.5. The number of methoxy groups -OCH3 is 2. The standard InChI is InChI=1S/C28H32N2O7/c1-6-9-20-13-19(16-24(34-4)25(20)35-5)14-21-26(31)29-28(33)30(27(21)32)17-18-10-11-22(37-12-7-2)23(15-18)36-8-3/h6,10-11,13-16H,1,7-9,12,17H2,2-5H3,(H,29,31,33)/b21-14+. The van der Waals surface area contributed by atoms with Crippen LogP contribution in [0.3, 0.4) is 0 Å². The van der Waals surface area contributed by atoms with Gasteiger partial charge in [0.1, 0.15) is 5.57 Å². The van der Waals surface area contributed by atoms with Gasteiger partial charge in [-0.1, -0.05) is 19.1 Å². The fourth-order valence-electron chi connectivity index (χ4n) is 3.89. The quantitative estimate of drug-likeness (QED) is 0.259. The largest absolute Gasteiger partial charge is 0.493 e. The number of nitrogens with zero attached hydrogens (tertiary/aromatic N) is 1. The third kappa shape index (κ3) is 6.30. The molecule has 1 saturated heterocycles. The number of hydrogen-bond acceptors (Lipinski definition) is 7. The van der Waals surface area contributed by atoms with Crippen LogP contribution >= 0.6 is 0 Å². The Labute approximate surface area is 216 Å². The molecule has 37 heavy (non-hydrogen) atoms. The molecular formula is C28H32N2O7. The van der Waals surface area contributed by atoms with Crippen molar-refractivity contribution in [2.24, 2.45) is 0 Å². The number of amides is 4. The first kappa shape index (κ1) is 27.3. The zero-order chi connectivity index (χ0) is 26.9. The van der Waals surface area contributed by atoms with E-state index < -0.39 is 17.8 Å². The second-order valence-electron chi connectivity index (χ2n) is 8.18. The summed E-state index contributed by atoms with van der Waals surface area (Å²) in [5, 5.41) is 2.25. The van der Waals surface area contributed by atoms with Crippen LogP contribution in [0.5, 0.6) is 23.0 Å². The van der Waals surface area contributed by atoms with Gasteiger partial charge in [-0.2, -0.15) is 0 Å². The summed E-state index contributed by atoms with van der Waals surface area (Å²) in [6, 6.07) is 7.86. The minimum atomic E-state index is -0.795. The molecular weight excluding hydrogens is 476 g/mol. The molecule has 4 amide bonds. The van der Waals surface area contributed by atoms with Gasteiger partial charge in [-0.25, -0.2) is 4.79 Å². The van der Waals surface area contributed by atoms with Crippen molar-refractivity contribution in [1.82, 2.24) is 10.2 Å². The van der Waals surface area contributed by atoms with Gasteiger partial charge in [0.15, 0.2) is 23.0 Å². The van der Waals surface area contributed by atoms with E-state index in [0.29, 0.717) is 53.8 Å². The molecule has 1 aliphatic heterocycles. The highest BCUT2D eigenvalue weighted by atomic mass is 16.5. The van der Waals surface area contributed by atoms with E-state index in [1.165, 1.54) is 20.3 Å². The monoisotopic (exact) mass is 508 g/mol. The number of barbiturate groups is 1. The Bertz CT molecular complexity index is 1220. The van der Waals surface area contributed by atoms with Gasteiger partial charge in [0.2, 0.25) is 0 Å². The predicted molar refractivity (Wildman–Crippen MR) is 139 cm³/mol. The van der Waals surface area contributed by atoms with Crippen LogP contribution in [0.2, 0.25) is 0 Å². The maximum atomic E-state index is 13.3. The normalized spacial score (nSPS) is 14.4. The number of benzene rings is 2. The molecule has 1 heterocycles. The Morgan fingerprint density at radius 1 is 0.973 bits per heavy atom. The average molecular weight is 509 g/mol. The summed E-state index contributed by atoms with van der Waals surface area (Å²) in [5.74, 6) is 0.603. The van der Waals surface area contributed by atoms with Crippen LogP contribution in [0.1, 0.15) is 37.0 Å². The Kier molecular flexibility index (Phi) is 9.32. The van der Waals surface area contributed by atoms with Crippen LogP contribution in [-0.2, 0) is 22.6 Å². The lowest BCUT2D eigenvalue weighted by atomic mass is 10.0. The average Bonchev–Trinajstić information content (AvgIpc) is 2.88. The second kappa shape index (κ2) is 12.6. The van der Waals surface area contributed by atoms with Gasteiger partial charge >= 0.3 is 6.03 Å². The lowest BCUT2D eigenvalue weighted by Gasteiger charge is -2.26. The van der Waals surface area contributed by atoms with Gasteiger partial charge < -0.3 is 18.9 Å². The third-order valence-electron chi connectivity index (χ3n) is 5.55. The van der Waals surface area contributed by atoms with Crippen molar-refractivity contribution in [2.75, 3.05) is 27.4 Å². The molecule has 196 valence electrons. The molecule has 0 radical (unpaired) electrons. The van der Waals surface area contributed by atoms with Crippen molar-refractivity contribution in [1.29, 1.82) is 0 Å². The molecule has 0 saturated carbocycles. The third-order valence-corrected chi connectivity index (χ3v) is 5.55. The van der Waals surface area contributed by atoms with E-state index in [1.807, 2.05) is 13.8 Å². The minimum Gasteiger partial charge on any atom is -0.493 e. The number of rotatable bonds is 12. The Morgan fingerprint density at radius 3 is 2.41 bits per heavy atom. The minimum absolute atomic E-state index is 0.0585. The summed E-state index contributed by atoms with van der Waals surface area (Å²) in [5.41, 5.74) is 1.78. The van der Waals surface area contributed by atoms with Crippen LogP contribution in [0.15, 0.2) is 48.6 Å². The molecule has 0 aromatic heterocycles. The van der Waals surface area contributed by atoms with Gasteiger partial charge in [-0.3, -0.25) is 19.8 Å². The first-order valence-electron chi connectivity index (χ1n) is 12.0. The first-order valence-corrected chi connectivity index (χ1v) is 12.0. The molecule has 0 spiro atoms. The highest BCUT2D eigenvalue weighted by Crippen LogP contribution is 2.34. The zero-order valence-electron chi connectivity index (χ0n) is 21.6. The van der Waals surface area contributed by atoms with Crippen molar-refractivity contribution in [3.63, 3.8) is 0 Å².